The Morgan fingerprint density at radius 2 is 1.93 bits per heavy atom. The summed E-state index contributed by atoms with van der Waals surface area (Å²) >= 11 is 11.1. The maximum absolute atomic E-state index is 10.6. The Hall–Kier alpha value is -0.500. The summed E-state index contributed by atoms with van der Waals surface area (Å²) in [4.78, 5) is 12.0. The quantitative estimate of drug-likeness (QED) is 0.495. The van der Waals surface area contributed by atoms with E-state index >= 15 is 0 Å². The third-order valence-electron chi connectivity index (χ3n) is 1.72. The Kier molecular flexibility index (Phi) is 3.06. The molecule has 0 saturated carbocycles. The summed E-state index contributed by atoms with van der Waals surface area (Å²) in [6, 6.07) is 5.31. The molecular weight excluding hydrogens is 270 g/mol. The standard InChI is InChI=1S/C8H5NO2S4/c10-9(11)4-3-6(15-8(4)13)5-1-2-7(12)14-5/h1-3,12-13H. The van der Waals surface area contributed by atoms with Crippen LogP contribution in [0.15, 0.2) is 26.6 Å². The van der Waals surface area contributed by atoms with Gasteiger partial charge in [-0.05, 0) is 12.1 Å². The maximum atomic E-state index is 10.6. The fraction of sp³-hybridized carbons (Fsp3) is 0. The molecule has 2 heterocycles. The number of hydrogen-bond donors (Lipinski definition) is 2. The van der Waals surface area contributed by atoms with Gasteiger partial charge < -0.3 is 0 Å². The molecule has 0 amide bonds. The average Bonchev–Trinajstić information content (AvgIpc) is 2.71. The highest BCUT2D eigenvalue weighted by Crippen LogP contribution is 2.41. The molecule has 0 atom stereocenters. The first-order valence-electron chi connectivity index (χ1n) is 3.84. The molecule has 15 heavy (non-hydrogen) atoms. The molecule has 78 valence electrons. The smallest absolute Gasteiger partial charge is 0.258 e. The molecule has 0 N–H and O–H groups in total. The number of rotatable bonds is 2. The number of thiol groups is 2. The van der Waals surface area contributed by atoms with Crippen molar-refractivity contribution < 1.29 is 4.92 Å². The van der Waals surface area contributed by atoms with Gasteiger partial charge in [-0.25, -0.2) is 0 Å². The molecule has 0 saturated heterocycles. The van der Waals surface area contributed by atoms with E-state index in [4.69, 9.17) is 0 Å². The second-order valence-corrected chi connectivity index (χ2v) is 6.37. The van der Waals surface area contributed by atoms with Crippen LogP contribution in [0.1, 0.15) is 0 Å². The molecule has 2 aromatic rings. The molecular formula is C8H5NO2S4. The fourth-order valence-electron chi connectivity index (χ4n) is 1.08. The summed E-state index contributed by atoms with van der Waals surface area (Å²) in [6.45, 7) is 0. The van der Waals surface area contributed by atoms with Gasteiger partial charge in [0.2, 0.25) is 0 Å². The van der Waals surface area contributed by atoms with E-state index in [2.05, 4.69) is 25.3 Å². The maximum Gasteiger partial charge on any atom is 0.294 e. The molecule has 0 spiro atoms. The molecule has 7 heteroatoms. The topological polar surface area (TPSA) is 43.1 Å². The van der Waals surface area contributed by atoms with Gasteiger partial charge >= 0.3 is 0 Å². The second-order valence-electron chi connectivity index (χ2n) is 2.70. The monoisotopic (exact) mass is 275 g/mol. The minimum Gasteiger partial charge on any atom is -0.258 e. The van der Waals surface area contributed by atoms with Crippen LogP contribution in [0, 0.1) is 10.1 Å². The Bertz CT molecular complexity index is 516. The van der Waals surface area contributed by atoms with Crippen molar-refractivity contribution in [2.45, 2.75) is 8.42 Å². The van der Waals surface area contributed by atoms with Crippen molar-refractivity contribution in [3.63, 3.8) is 0 Å². The lowest BCUT2D eigenvalue weighted by molar-refractivity contribution is -0.387. The largest absolute Gasteiger partial charge is 0.294 e. The zero-order chi connectivity index (χ0) is 11.0. The molecule has 0 aromatic carbocycles. The minimum absolute atomic E-state index is 0.0625. The van der Waals surface area contributed by atoms with Gasteiger partial charge in [0, 0.05) is 10.9 Å². The van der Waals surface area contributed by atoms with Crippen LogP contribution in [0.25, 0.3) is 9.75 Å². The van der Waals surface area contributed by atoms with Crippen LogP contribution in [0.2, 0.25) is 0 Å². The van der Waals surface area contributed by atoms with E-state index in [9.17, 15) is 10.1 Å². The highest BCUT2D eigenvalue weighted by atomic mass is 32.2. The average molecular weight is 275 g/mol. The van der Waals surface area contributed by atoms with E-state index in [1.807, 2.05) is 12.1 Å². The zero-order valence-electron chi connectivity index (χ0n) is 7.21. The molecule has 0 unspecified atom stereocenters. The van der Waals surface area contributed by atoms with Gasteiger partial charge in [0.1, 0.15) is 4.21 Å². The van der Waals surface area contributed by atoms with Gasteiger partial charge in [0.15, 0.2) is 0 Å². The number of nitrogens with zero attached hydrogens (tertiary/aromatic N) is 1. The normalized spacial score (nSPS) is 10.5. The highest BCUT2D eigenvalue weighted by Gasteiger charge is 2.17. The third-order valence-corrected chi connectivity index (χ3v) is 4.66. The van der Waals surface area contributed by atoms with Gasteiger partial charge in [0.05, 0.1) is 14.0 Å². The third kappa shape index (κ3) is 2.20. The molecule has 0 aliphatic carbocycles. The molecule has 3 nitrogen and oxygen atoms in total. The lowest BCUT2D eigenvalue weighted by Gasteiger charge is -1.85. The van der Waals surface area contributed by atoms with Crippen LogP contribution in [-0.2, 0) is 0 Å². The van der Waals surface area contributed by atoms with Gasteiger partial charge in [-0.2, -0.15) is 0 Å². The summed E-state index contributed by atoms with van der Waals surface area (Å²) in [7, 11) is 0. The summed E-state index contributed by atoms with van der Waals surface area (Å²) in [6.07, 6.45) is 0. The van der Waals surface area contributed by atoms with Crippen LogP contribution >= 0.6 is 47.9 Å². The van der Waals surface area contributed by atoms with E-state index in [0.29, 0.717) is 4.21 Å². The van der Waals surface area contributed by atoms with Crippen molar-refractivity contribution in [3.05, 3.63) is 28.3 Å². The van der Waals surface area contributed by atoms with Gasteiger partial charge in [-0.1, -0.05) is 0 Å². The SMILES string of the molecule is O=[N+]([O-])c1cc(-c2ccc(S)s2)sc1S. The van der Waals surface area contributed by atoms with Crippen molar-refractivity contribution in [3.8, 4) is 9.75 Å². The summed E-state index contributed by atoms with van der Waals surface area (Å²) < 4.78 is 1.32. The van der Waals surface area contributed by atoms with E-state index in [1.165, 1.54) is 22.7 Å². The van der Waals surface area contributed by atoms with E-state index in [1.54, 1.807) is 6.07 Å². The first kappa shape index (κ1) is 11.0. The van der Waals surface area contributed by atoms with Crippen molar-refractivity contribution in [2.24, 2.45) is 0 Å². The molecule has 2 aromatic heterocycles. The molecule has 0 fully saturated rings. The summed E-state index contributed by atoms with van der Waals surface area (Å²) in [5.41, 5.74) is 0.0625. The van der Waals surface area contributed by atoms with Crippen LogP contribution in [0.4, 0.5) is 5.69 Å². The van der Waals surface area contributed by atoms with Crippen LogP contribution in [-0.4, -0.2) is 4.92 Å². The molecule has 0 aliphatic heterocycles. The lowest BCUT2D eigenvalue weighted by atomic mass is 10.4. The summed E-state index contributed by atoms with van der Waals surface area (Å²) in [5, 5.41) is 10.6. The van der Waals surface area contributed by atoms with E-state index in [0.717, 1.165) is 14.0 Å². The Morgan fingerprint density at radius 3 is 2.40 bits per heavy atom. The Labute approximate surface area is 105 Å². The molecule has 0 bridgehead atoms. The van der Waals surface area contributed by atoms with Crippen LogP contribution in [0.3, 0.4) is 0 Å². The highest BCUT2D eigenvalue weighted by molar-refractivity contribution is 7.83. The van der Waals surface area contributed by atoms with Crippen molar-refractivity contribution in [1.82, 2.24) is 0 Å². The molecule has 0 aliphatic rings. The lowest BCUT2D eigenvalue weighted by Crippen LogP contribution is -1.84. The zero-order valence-corrected chi connectivity index (χ0v) is 10.6. The first-order chi connectivity index (χ1) is 7.08. The van der Waals surface area contributed by atoms with E-state index in [-0.39, 0.29) is 5.69 Å². The number of nitro groups is 1. The number of thiophene rings is 2. The van der Waals surface area contributed by atoms with E-state index < -0.39 is 4.92 Å². The van der Waals surface area contributed by atoms with Crippen molar-refractivity contribution in [1.29, 1.82) is 0 Å². The predicted octanol–water partition coefficient (Wildman–Crippen LogP) is 3.96. The van der Waals surface area contributed by atoms with Gasteiger partial charge in [-0.3, -0.25) is 10.1 Å². The van der Waals surface area contributed by atoms with Crippen molar-refractivity contribution >= 4 is 53.6 Å². The first-order valence-corrected chi connectivity index (χ1v) is 6.37. The Morgan fingerprint density at radius 1 is 1.20 bits per heavy atom. The van der Waals surface area contributed by atoms with Crippen LogP contribution < -0.4 is 0 Å². The molecule has 0 radical (unpaired) electrons. The Balaban J connectivity index is 2.46. The molecule has 2 rings (SSSR count). The van der Waals surface area contributed by atoms with Crippen molar-refractivity contribution in [2.75, 3.05) is 0 Å². The second kappa shape index (κ2) is 4.17. The summed E-state index contributed by atoms with van der Waals surface area (Å²) in [5.74, 6) is 0. The number of hydrogen-bond acceptors (Lipinski definition) is 6. The van der Waals surface area contributed by atoms with Gasteiger partial charge in [-0.15, -0.1) is 47.9 Å². The predicted molar refractivity (Wildman–Crippen MR) is 68.8 cm³/mol. The fourth-order valence-corrected chi connectivity index (χ4v) is 3.59. The van der Waals surface area contributed by atoms with Gasteiger partial charge in [0.25, 0.3) is 5.69 Å². The van der Waals surface area contributed by atoms with Crippen LogP contribution in [0.5, 0.6) is 0 Å². The minimum atomic E-state index is -0.419.